The summed E-state index contributed by atoms with van der Waals surface area (Å²) in [5, 5.41) is 9.76. The molecule has 2 heterocycles. The highest BCUT2D eigenvalue weighted by atomic mass is 32.2. The van der Waals surface area contributed by atoms with Crippen LogP contribution in [-0.2, 0) is 9.59 Å². The molecule has 0 saturated carbocycles. The highest BCUT2D eigenvalue weighted by Crippen LogP contribution is 2.53. The van der Waals surface area contributed by atoms with Gasteiger partial charge in [0.1, 0.15) is 6.29 Å². The Balaban J connectivity index is 1.71. The van der Waals surface area contributed by atoms with E-state index in [4.69, 9.17) is 5.11 Å². The number of hydrogen-bond acceptors (Lipinski definition) is 3. The van der Waals surface area contributed by atoms with Gasteiger partial charge in [-0.05, 0) is 38.0 Å². The van der Waals surface area contributed by atoms with Crippen molar-refractivity contribution in [3.05, 3.63) is 12.2 Å². The van der Waals surface area contributed by atoms with Crippen molar-refractivity contribution in [3.8, 4) is 0 Å². The summed E-state index contributed by atoms with van der Waals surface area (Å²) in [6.07, 6.45) is 10.6. The summed E-state index contributed by atoms with van der Waals surface area (Å²) in [6, 6.07) is 0. The monoisotopic (exact) mass is 268 g/mol. The number of unbranched alkanes of at least 4 members (excludes halogenated alkanes) is 1. The molecule has 18 heavy (non-hydrogen) atoms. The molecule has 100 valence electrons. The van der Waals surface area contributed by atoms with Crippen LogP contribution in [0.3, 0.4) is 0 Å². The molecule has 2 saturated heterocycles. The van der Waals surface area contributed by atoms with Crippen molar-refractivity contribution in [2.45, 2.75) is 49.0 Å². The van der Waals surface area contributed by atoms with Crippen molar-refractivity contribution in [1.29, 1.82) is 0 Å². The largest absolute Gasteiger partial charge is 0.481 e. The number of thioether (sulfide) groups is 1. The SMILES string of the molecule is O=C[C@H]1[C@@H](CC=CCCCC(=O)O)[C@H]2CC[C@@H]1S2. The molecule has 0 aliphatic carbocycles. The molecule has 1 N–H and O–H groups in total. The van der Waals surface area contributed by atoms with Gasteiger partial charge >= 0.3 is 5.97 Å². The van der Waals surface area contributed by atoms with Crippen LogP contribution in [0.5, 0.6) is 0 Å². The number of carbonyl (C=O) groups is 2. The summed E-state index contributed by atoms with van der Waals surface area (Å²) < 4.78 is 0. The van der Waals surface area contributed by atoms with E-state index < -0.39 is 5.97 Å². The molecule has 4 heteroatoms. The van der Waals surface area contributed by atoms with E-state index in [0.29, 0.717) is 22.8 Å². The van der Waals surface area contributed by atoms with Gasteiger partial charge in [-0.3, -0.25) is 4.79 Å². The first kappa shape index (κ1) is 13.7. The maximum absolute atomic E-state index is 11.1. The molecular formula is C14H20O3S. The molecule has 0 spiro atoms. The standard InChI is InChI=1S/C14H20O3S/c15-9-11-10(12-7-8-13(11)18-12)5-3-1-2-4-6-14(16)17/h1,3,9-13H,2,4-8H2,(H,16,17)/t10-,11+,12-,13+/m1/s1. The molecule has 0 unspecified atom stereocenters. The number of rotatable bonds is 7. The molecule has 2 bridgehead atoms. The van der Waals surface area contributed by atoms with Crippen molar-refractivity contribution < 1.29 is 14.7 Å². The van der Waals surface area contributed by atoms with Gasteiger partial charge in [-0.25, -0.2) is 0 Å². The molecule has 2 fully saturated rings. The molecule has 0 amide bonds. The number of carboxylic acid groups (broad SMARTS) is 1. The first-order chi connectivity index (χ1) is 8.72. The first-order valence-electron chi connectivity index (χ1n) is 6.70. The lowest BCUT2D eigenvalue weighted by molar-refractivity contribution is -0.137. The van der Waals surface area contributed by atoms with Crippen LogP contribution in [0.1, 0.15) is 38.5 Å². The van der Waals surface area contributed by atoms with E-state index in [1.807, 2.05) is 11.8 Å². The quantitative estimate of drug-likeness (QED) is 0.438. The zero-order valence-corrected chi connectivity index (χ0v) is 11.3. The number of carboxylic acids is 1. The number of hydrogen-bond donors (Lipinski definition) is 1. The van der Waals surface area contributed by atoms with Crippen LogP contribution in [0.25, 0.3) is 0 Å². The minimum Gasteiger partial charge on any atom is -0.481 e. The highest BCUT2D eigenvalue weighted by Gasteiger charge is 2.47. The lowest BCUT2D eigenvalue weighted by Gasteiger charge is -2.24. The van der Waals surface area contributed by atoms with Crippen LogP contribution in [-0.4, -0.2) is 27.9 Å². The van der Waals surface area contributed by atoms with Crippen molar-refractivity contribution in [2.75, 3.05) is 0 Å². The smallest absolute Gasteiger partial charge is 0.303 e. The van der Waals surface area contributed by atoms with Crippen molar-refractivity contribution in [2.24, 2.45) is 11.8 Å². The summed E-state index contributed by atoms with van der Waals surface area (Å²) in [7, 11) is 0. The van der Waals surface area contributed by atoms with Crippen LogP contribution in [0.2, 0.25) is 0 Å². The average molecular weight is 268 g/mol. The van der Waals surface area contributed by atoms with E-state index >= 15 is 0 Å². The van der Waals surface area contributed by atoms with Gasteiger partial charge in [0.2, 0.25) is 0 Å². The van der Waals surface area contributed by atoms with Crippen LogP contribution < -0.4 is 0 Å². The van der Waals surface area contributed by atoms with Crippen LogP contribution >= 0.6 is 11.8 Å². The van der Waals surface area contributed by atoms with Crippen LogP contribution in [0, 0.1) is 11.8 Å². The summed E-state index contributed by atoms with van der Waals surface area (Å²) in [5.41, 5.74) is 0. The molecule has 4 atom stereocenters. The fourth-order valence-corrected chi connectivity index (χ4v) is 4.99. The summed E-state index contributed by atoms with van der Waals surface area (Å²) in [6.45, 7) is 0. The lowest BCUT2D eigenvalue weighted by atomic mass is 9.78. The Morgan fingerprint density at radius 1 is 1.28 bits per heavy atom. The van der Waals surface area contributed by atoms with Gasteiger partial charge in [-0.1, -0.05) is 12.2 Å². The molecular weight excluding hydrogens is 248 g/mol. The predicted molar refractivity (Wildman–Crippen MR) is 72.7 cm³/mol. The lowest BCUT2D eigenvalue weighted by Crippen LogP contribution is -2.27. The second-order valence-corrected chi connectivity index (χ2v) is 6.64. The van der Waals surface area contributed by atoms with E-state index in [1.165, 1.54) is 12.8 Å². The normalized spacial score (nSPS) is 34.2. The Labute approximate surface area is 112 Å². The Bertz CT molecular complexity index is 340. The van der Waals surface area contributed by atoms with Gasteiger partial charge < -0.3 is 9.90 Å². The minimum atomic E-state index is -0.728. The third-order valence-electron chi connectivity index (χ3n) is 3.98. The number of allylic oxidation sites excluding steroid dienone is 2. The van der Waals surface area contributed by atoms with E-state index in [0.717, 1.165) is 19.1 Å². The minimum absolute atomic E-state index is 0.241. The Morgan fingerprint density at radius 2 is 2.06 bits per heavy atom. The van der Waals surface area contributed by atoms with Crippen molar-refractivity contribution >= 4 is 24.0 Å². The van der Waals surface area contributed by atoms with E-state index in [1.54, 1.807) is 0 Å². The average Bonchev–Trinajstić information content (AvgIpc) is 2.93. The van der Waals surface area contributed by atoms with Crippen LogP contribution in [0.4, 0.5) is 0 Å². The number of fused-ring (bicyclic) bond motifs is 2. The highest BCUT2D eigenvalue weighted by molar-refractivity contribution is 8.01. The summed E-state index contributed by atoms with van der Waals surface area (Å²) in [5.74, 6) is 0.0355. The van der Waals surface area contributed by atoms with Crippen molar-refractivity contribution in [3.63, 3.8) is 0 Å². The Morgan fingerprint density at radius 3 is 2.78 bits per heavy atom. The molecule has 3 nitrogen and oxygen atoms in total. The number of aliphatic carboxylic acids is 1. The zero-order chi connectivity index (χ0) is 13.0. The zero-order valence-electron chi connectivity index (χ0n) is 10.5. The van der Waals surface area contributed by atoms with Crippen molar-refractivity contribution in [1.82, 2.24) is 0 Å². The maximum Gasteiger partial charge on any atom is 0.303 e. The molecule has 0 radical (unpaired) electrons. The topological polar surface area (TPSA) is 54.4 Å². The van der Waals surface area contributed by atoms with Gasteiger partial charge in [0.05, 0.1) is 0 Å². The molecule has 2 rings (SSSR count). The fourth-order valence-electron chi connectivity index (χ4n) is 3.05. The first-order valence-corrected chi connectivity index (χ1v) is 7.64. The molecule has 0 aromatic heterocycles. The summed E-state index contributed by atoms with van der Waals surface area (Å²) in [4.78, 5) is 21.5. The van der Waals surface area contributed by atoms with Gasteiger partial charge in [0.25, 0.3) is 0 Å². The third-order valence-corrected chi connectivity index (χ3v) is 5.81. The molecule has 2 aliphatic heterocycles. The van der Waals surface area contributed by atoms with E-state index in [9.17, 15) is 9.59 Å². The summed E-state index contributed by atoms with van der Waals surface area (Å²) >= 11 is 2.00. The van der Waals surface area contributed by atoms with E-state index in [2.05, 4.69) is 12.2 Å². The van der Waals surface area contributed by atoms with Gasteiger partial charge in [-0.15, -0.1) is 0 Å². The third kappa shape index (κ3) is 3.16. The number of aldehydes is 1. The molecule has 0 aromatic rings. The molecule has 2 aliphatic rings. The Hall–Kier alpha value is -0.770. The fraction of sp³-hybridized carbons (Fsp3) is 0.714. The molecule has 0 aromatic carbocycles. The Kier molecular flexibility index (Phi) is 4.87. The van der Waals surface area contributed by atoms with Gasteiger partial charge in [0, 0.05) is 22.8 Å². The van der Waals surface area contributed by atoms with Gasteiger partial charge in [-0.2, -0.15) is 11.8 Å². The van der Waals surface area contributed by atoms with E-state index in [-0.39, 0.29) is 12.3 Å². The van der Waals surface area contributed by atoms with Crippen LogP contribution in [0.15, 0.2) is 12.2 Å². The predicted octanol–water partition coefficient (Wildman–Crippen LogP) is 2.90. The second-order valence-electron chi connectivity index (χ2n) is 5.16. The second kappa shape index (κ2) is 6.41. The number of carbonyl (C=O) groups excluding carboxylic acids is 1. The van der Waals surface area contributed by atoms with Gasteiger partial charge in [0.15, 0.2) is 0 Å². The maximum atomic E-state index is 11.1.